The number of alkyl halides is 2. The van der Waals surface area contributed by atoms with Gasteiger partial charge >= 0.3 is 0 Å². The molecule has 21 heavy (non-hydrogen) atoms. The monoisotopic (exact) mass is 295 g/mol. The predicted octanol–water partition coefficient (Wildman–Crippen LogP) is 1.74. The third-order valence-corrected chi connectivity index (χ3v) is 4.44. The van der Waals surface area contributed by atoms with E-state index in [2.05, 4.69) is 10.3 Å². The minimum atomic E-state index is -2.83. The number of carbonyl (C=O) groups is 1. The second-order valence-electron chi connectivity index (χ2n) is 6.23. The number of aryl methyl sites for hydroxylation is 1. The number of pyridine rings is 1. The van der Waals surface area contributed by atoms with Gasteiger partial charge in [-0.2, -0.15) is 0 Å². The van der Waals surface area contributed by atoms with Gasteiger partial charge in [-0.1, -0.05) is 6.07 Å². The molecule has 0 aromatic carbocycles. The molecule has 0 radical (unpaired) electrons. The summed E-state index contributed by atoms with van der Waals surface area (Å²) in [7, 11) is 0. The zero-order chi connectivity index (χ0) is 15.1. The maximum absolute atomic E-state index is 14.1. The first kappa shape index (κ1) is 14.4. The van der Waals surface area contributed by atoms with Crippen LogP contribution in [0.4, 0.5) is 8.78 Å². The standard InChI is InChI=1S/C15H19F2N3O/c1-11-3-2-5-18-12(11)7-20-9-14(4-6-19-13(14)21)8-15(16,17)10-20/h2-3,5H,4,6-10H2,1H3,(H,19,21)/t14-/m1/s1. The maximum Gasteiger partial charge on any atom is 0.261 e. The Morgan fingerprint density at radius 2 is 2.24 bits per heavy atom. The average molecular weight is 295 g/mol. The van der Waals surface area contributed by atoms with Crippen LogP contribution >= 0.6 is 0 Å². The molecule has 1 atom stereocenters. The molecule has 0 bridgehead atoms. The number of aromatic nitrogens is 1. The lowest BCUT2D eigenvalue weighted by atomic mass is 9.77. The number of nitrogens with one attached hydrogen (secondary N) is 1. The molecule has 1 N–H and O–H groups in total. The number of hydrogen-bond acceptors (Lipinski definition) is 3. The van der Waals surface area contributed by atoms with Crippen LogP contribution in [0.3, 0.4) is 0 Å². The molecule has 4 nitrogen and oxygen atoms in total. The fourth-order valence-electron chi connectivity index (χ4n) is 3.46. The quantitative estimate of drug-likeness (QED) is 0.904. The van der Waals surface area contributed by atoms with Crippen LogP contribution in [0.15, 0.2) is 18.3 Å². The van der Waals surface area contributed by atoms with Crippen LogP contribution in [0, 0.1) is 12.3 Å². The number of rotatable bonds is 2. The Labute approximate surface area is 122 Å². The van der Waals surface area contributed by atoms with Gasteiger partial charge in [0.05, 0.1) is 17.7 Å². The highest BCUT2D eigenvalue weighted by atomic mass is 19.3. The normalized spacial score (nSPS) is 28.8. The summed E-state index contributed by atoms with van der Waals surface area (Å²) in [5.41, 5.74) is 0.838. The molecule has 2 saturated heterocycles. The lowest BCUT2D eigenvalue weighted by Crippen LogP contribution is -2.55. The predicted molar refractivity (Wildman–Crippen MR) is 73.9 cm³/mol. The summed E-state index contributed by atoms with van der Waals surface area (Å²) < 4.78 is 28.2. The van der Waals surface area contributed by atoms with Crippen molar-refractivity contribution in [1.29, 1.82) is 0 Å². The molecule has 6 heteroatoms. The van der Waals surface area contributed by atoms with Crippen molar-refractivity contribution in [2.75, 3.05) is 19.6 Å². The van der Waals surface area contributed by atoms with E-state index in [0.29, 0.717) is 26.1 Å². The lowest BCUT2D eigenvalue weighted by molar-refractivity contribution is -0.149. The summed E-state index contributed by atoms with van der Waals surface area (Å²) in [4.78, 5) is 18.0. The third-order valence-electron chi connectivity index (χ3n) is 4.44. The number of carbonyl (C=O) groups excluding carboxylic acids is 1. The average Bonchev–Trinajstić information content (AvgIpc) is 2.71. The van der Waals surface area contributed by atoms with Crippen LogP contribution in [0.2, 0.25) is 0 Å². The van der Waals surface area contributed by atoms with Crippen molar-refractivity contribution in [1.82, 2.24) is 15.2 Å². The first-order valence-corrected chi connectivity index (χ1v) is 7.19. The molecule has 0 saturated carbocycles. The fraction of sp³-hybridized carbons (Fsp3) is 0.600. The Hall–Kier alpha value is -1.56. The van der Waals surface area contributed by atoms with Gasteiger partial charge in [-0.15, -0.1) is 0 Å². The highest BCUT2D eigenvalue weighted by Gasteiger charge is 2.54. The molecule has 2 fully saturated rings. The Morgan fingerprint density at radius 1 is 1.43 bits per heavy atom. The van der Waals surface area contributed by atoms with Crippen molar-refractivity contribution in [3.05, 3.63) is 29.6 Å². The minimum Gasteiger partial charge on any atom is -0.356 e. The first-order chi connectivity index (χ1) is 9.90. The van der Waals surface area contributed by atoms with E-state index in [0.717, 1.165) is 11.3 Å². The SMILES string of the molecule is Cc1cccnc1CN1CC(F)(F)C[C@]2(CCNC2=O)C1. The number of hydrogen-bond donors (Lipinski definition) is 1. The Morgan fingerprint density at radius 3 is 2.90 bits per heavy atom. The minimum absolute atomic E-state index is 0.232. The summed E-state index contributed by atoms with van der Waals surface area (Å²) in [6, 6.07) is 3.75. The van der Waals surface area contributed by atoms with Crippen molar-refractivity contribution >= 4 is 5.91 Å². The largest absolute Gasteiger partial charge is 0.356 e. The van der Waals surface area contributed by atoms with E-state index in [1.165, 1.54) is 0 Å². The molecule has 114 valence electrons. The molecule has 2 aliphatic rings. The smallest absolute Gasteiger partial charge is 0.261 e. The van der Waals surface area contributed by atoms with E-state index in [9.17, 15) is 13.6 Å². The topological polar surface area (TPSA) is 45.2 Å². The molecule has 1 aromatic heterocycles. The highest BCUT2D eigenvalue weighted by molar-refractivity contribution is 5.85. The van der Waals surface area contributed by atoms with E-state index in [-0.39, 0.29) is 18.9 Å². The molecule has 0 unspecified atom stereocenters. The highest BCUT2D eigenvalue weighted by Crippen LogP contribution is 2.43. The molecule has 1 amide bonds. The zero-order valence-corrected chi connectivity index (χ0v) is 12.0. The van der Waals surface area contributed by atoms with Crippen LogP contribution < -0.4 is 5.32 Å². The summed E-state index contributed by atoms with van der Waals surface area (Å²) in [6.45, 7) is 2.84. The van der Waals surface area contributed by atoms with Gasteiger partial charge in [0.2, 0.25) is 5.91 Å². The number of likely N-dealkylation sites (tertiary alicyclic amines) is 1. The second kappa shape index (κ2) is 5.02. The Balaban J connectivity index is 1.82. The molecule has 1 aromatic rings. The van der Waals surface area contributed by atoms with Gasteiger partial charge in [-0.25, -0.2) is 8.78 Å². The van der Waals surface area contributed by atoms with E-state index in [1.807, 2.05) is 19.1 Å². The number of nitrogens with zero attached hydrogens (tertiary/aromatic N) is 2. The van der Waals surface area contributed by atoms with Crippen LogP contribution in [0.1, 0.15) is 24.1 Å². The van der Waals surface area contributed by atoms with Crippen LogP contribution in [0.25, 0.3) is 0 Å². The molecule has 2 aliphatic heterocycles. The van der Waals surface area contributed by atoms with Crippen molar-refractivity contribution in [2.45, 2.75) is 32.2 Å². The maximum atomic E-state index is 14.1. The van der Waals surface area contributed by atoms with Crippen molar-refractivity contribution in [3.63, 3.8) is 0 Å². The molecular formula is C15H19F2N3O. The molecular weight excluding hydrogens is 276 g/mol. The molecule has 3 rings (SSSR count). The number of piperidine rings is 1. The van der Waals surface area contributed by atoms with Gasteiger partial charge in [0, 0.05) is 32.3 Å². The van der Waals surface area contributed by atoms with Gasteiger partial charge < -0.3 is 5.32 Å². The molecule has 0 aliphatic carbocycles. The van der Waals surface area contributed by atoms with Crippen LogP contribution in [0.5, 0.6) is 0 Å². The zero-order valence-electron chi connectivity index (χ0n) is 12.0. The lowest BCUT2D eigenvalue weighted by Gasteiger charge is -2.42. The summed E-state index contributed by atoms with van der Waals surface area (Å²) in [5.74, 6) is -3.06. The van der Waals surface area contributed by atoms with Gasteiger partial charge in [-0.3, -0.25) is 14.7 Å². The van der Waals surface area contributed by atoms with Crippen LogP contribution in [-0.4, -0.2) is 41.3 Å². The van der Waals surface area contributed by atoms with Gasteiger partial charge in [-0.05, 0) is 25.0 Å². The van der Waals surface area contributed by atoms with Crippen molar-refractivity contribution in [3.8, 4) is 0 Å². The summed E-state index contributed by atoms with van der Waals surface area (Å²) >= 11 is 0. The summed E-state index contributed by atoms with van der Waals surface area (Å²) in [6.07, 6.45) is 1.81. The second-order valence-corrected chi connectivity index (χ2v) is 6.23. The summed E-state index contributed by atoms with van der Waals surface area (Å²) in [5, 5.41) is 2.70. The van der Waals surface area contributed by atoms with Crippen molar-refractivity contribution < 1.29 is 13.6 Å². The van der Waals surface area contributed by atoms with Gasteiger partial charge in [0.1, 0.15) is 0 Å². The van der Waals surface area contributed by atoms with Gasteiger partial charge in [0.15, 0.2) is 0 Å². The molecule has 3 heterocycles. The fourth-order valence-corrected chi connectivity index (χ4v) is 3.46. The first-order valence-electron chi connectivity index (χ1n) is 7.19. The van der Waals surface area contributed by atoms with E-state index in [4.69, 9.17) is 0 Å². The van der Waals surface area contributed by atoms with E-state index >= 15 is 0 Å². The number of halogens is 2. The number of amides is 1. The van der Waals surface area contributed by atoms with Crippen molar-refractivity contribution in [2.24, 2.45) is 5.41 Å². The van der Waals surface area contributed by atoms with Gasteiger partial charge in [0.25, 0.3) is 5.92 Å². The third kappa shape index (κ3) is 2.77. The Bertz CT molecular complexity index is 564. The van der Waals surface area contributed by atoms with Crippen LogP contribution in [-0.2, 0) is 11.3 Å². The molecule has 1 spiro atoms. The van der Waals surface area contributed by atoms with E-state index in [1.54, 1.807) is 11.1 Å². The Kier molecular flexibility index (Phi) is 3.43. The van der Waals surface area contributed by atoms with E-state index < -0.39 is 11.3 Å².